The van der Waals surface area contributed by atoms with Crippen LogP contribution in [0.5, 0.6) is 0 Å². The summed E-state index contributed by atoms with van der Waals surface area (Å²) in [6.45, 7) is 4.35. The quantitative estimate of drug-likeness (QED) is 0.137. The molecule has 98 heavy (non-hydrogen) atoms. The number of nitrogens with zero attached hydrogens (tertiary/aromatic N) is 4. The van der Waals surface area contributed by atoms with E-state index in [-0.39, 0.29) is 0 Å². The van der Waals surface area contributed by atoms with Gasteiger partial charge in [0.05, 0.1) is 55.8 Å². The van der Waals surface area contributed by atoms with Gasteiger partial charge < -0.3 is 27.4 Å². The van der Waals surface area contributed by atoms with Gasteiger partial charge in [0.15, 0.2) is 11.2 Å². The Kier molecular flexibility index (Phi) is 11.6. The van der Waals surface area contributed by atoms with Crippen LogP contribution in [0.2, 0.25) is 0 Å². The molecule has 0 fully saturated rings. The largest absolute Gasteiger partial charge is 0.453 e. The van der Waals surface area contributed by atoms with Crippen molar-refractivity contribution in [1.29, 1.82) is 0 Å². The first kappa shape index (κ1) is 54.5. The van der Waals surface area contributed by atoms with E-state index in [1.54, 1.807) is 0 Å². The fourth-order valence-electron chi connectivity index (χ4n) is 17.0. The third-order valence-corrected chi connectivity index (χ3v) is 21.0. The van der Waals surface area contributed by atoms with E-state index >= 15 is 0 Å². The van der Waals surface area contributed by atoms with Gasteiger partial charge in [-0.15, -0.1) is 0 Å². The maximum Gasteiger partial charge on any atom is 0.159 e. The summed E-state index contributed by atoms with van der Waals surface area (Å²) in [6.07, 6.45) is 0. The van der Waals surface area contributed by atoms with Gasteiger partial charge >= 0.3 is 0 Å². The molecule has 6 nitrogen and oxygen atoms in total. The molecule has 0 N–H and O–H groups in total. The highest BCUT2D eigenvalue weighted by Crippen LogP contribution is 2.57. The van der Waals surface area contributed by atoms with Gasteiger partial charge in [0, 0.05) is 98.3 Å². The first-order valence-corrected chi connectivity index (χ1v) is 33.7. The van der Waals surface area contributed by atoms with E-state index in [1.165, 1.54) is 76.6 Å². The average Bonchev–Trinajstić information content (AvgIpc) is 1.49. The minimum Gasteiger partial charge on any atom is -0.453 e. The van der Waals surface area contributed by atoms with Crippen molar-refractivity contribution in [2.24, 2.45) is 0 Å². The highest BCUT2D eigenvalue weighted by atomic mass is 16.3. The summed E-state index contributed by atoms with van der Waals surface area (Å²) in [6, 6.07) is 115. The van der Waals surface area contributed by atoms with Crippen LogP contribution in [0.15, 0.2) is 324 Å². The SMILES string of the molecule is Cc1ccccc1-c1cccc2c1oc1c(N(c3ccccc3)c3cccc4c3c3cccc5c6c(-c7ccccc7)c7c(c(-c8ccccc8)c6n4c35)c3cccc4c5c(N(c6ccccc6)c6cccc8c6oc6c(-c9ccccc9C)cccc68)cccc5n7c43)cccc12. The van der Waals surface area contributed by atoms with Gasteiger partial charge in [0.2, 0.25) is 0 Å². The van der Waals surface area contributed by atoms with Gasteiger partial charge in [0.25, 0.3) is 0 Å². The van der Waals surface area contributed by atoms with E-state index in [0.29, 0.717) is 0 Å². The molecule has 0 aliphatic carbocycles. The molecule has 6 heteroatoms. The van der Waals surface area contributed by atoms with Crippen LogP contribution in [0.25, 0.3) is 165 Å². The summed E-state index contributed by atoms with van der Waals surface area (Å²) in [5.74, 6) is 0. The molecule has 0 amide bonds. The minimum atomic E-state index is 0.836. The van der Waals surface area contributed by atoms with Crippen molar-refractivity contribution in [2.75, 3.05) is 9.80 Å². The lowest BCUT2D eigenvalue weighted by atomic mass is 9.89. The van der Waals surface area contributed by atoms with Crippen molar-refractivity contribution in [1.82, 2.24) is 8.80 Å². The van der Waals surface area contributed by atoms with E-state index in [4.69, 9.17) is 8.83 Å². The first-order chi connectivity index (χ1) is 48.6. The van der Waals surface area contributed by atoms with E-state index < -0.39 is 0 Å². The number of furan rings is 2. The molecule has 0 bridgehead atoms. The second kappa shape index (κ2) is 20.8. The molecule has 0 saturated heterocycles. The number of rotatable bonds is 10. The lowest BCUT2D eigenvalue weighted by Gasteiger charge is -2.26. The van der Waals surface area contributed by atoms with Crippen LogP contribution in [0.3, 0.4) is 0 Å². The molecule has 21 aromatic rings. The molecule has 0 aliphatic heterocycles. The van der Waals surface area contributed by atoms with E-state index in [1.807, 2.05) is 0 Å². The van der Waals surface area contributed by atoms with Crippen LogP contribution in [0.1, 0.15) is 11.1 Å². The number of anilines is 6. The molecule has 0 atom stereocenters. The number of hydrogen-bond donors (Lipinski definition) is 0. The maximum absolute atomic E-state index is 7.31. The number of aromatic nitrogens is 2. The summed E-state index contributed by atoms with van der Waals surface area (Å²) in [7, 11) is 0. The summed E-state index contributed by atoms with van der Waals surface area (Å²) in [5, 5.41) is 13.8. The zero-order valence-electron chi connectivity index (χ0n) is 53.6. The van der Waals surface area contributed by atoms with Crippen molar-refractivity contribution >= 4 is 154 Å². The van der Waals surface area contributed by atoms with Crippen molar-refractivity contribution in [3.8, 4) is 44.5 Å². The third-order valence-electron chi connectivity index (χ3n) is 21.0. The van der Waals surface area contributed by atoms with E-state index in [2.05, 4.69) is 348 Å². The van der Waals surface area contributed by atoms with Crippen LogP contribution >= 0.6 is 0 Å². The molecule has 0 aliphatic rings. The summed E-state index contributed by atoms with van der Waals surface area (Å²) >= 11 is 0. The third kappa shape index (κ3) is 7.51. The first-order valence-electron chi connectivity index (χ1n) is 33.7. The Labute approximate surface area is 563 Å². The second-order valence-corrected chi connectivity index (χ2v) is 26.2. The molecule has 0 unspecified atom stereocenters. The molecule has 15 aromatic carbocycles. The number of fused-ring (bicyclic) bond motifs is 18. The number of hydrogen-bond acceptors (Lipinski definition) is 4. The van der Waals surface area contributed by atoms with Crippen LogP contribution in [0.4, 0.5) is 34.1 Å². The Morgan fingerprint density at radius 1 is 0.235 bits per heavy atom. The van der Waals surface area contributed by atoms with Gasteiger partial charge in [0.1, 0.15) is 11.2 Å². The minimum absolute atomic E-state index is 0.836. The highest BCUT2D eigenvalue weighted by molar-refractivity contribution is 6.39. The topological polar surface area (TPSA) is 41.6 Å². The maximum atomic E-state index is 7.31. The fourth-order valence-corrected chi connectivity index (χ4v) is 17.0. The molecule has 6 aromatic heterocycles. The van der Waals surface area contributed by atoms with E-state index in [9.17, 15) is 0 Å². The van der Waals surface area contributed by atoms with Gasteiger partial charge in [-0.2, -0.15) is 0 Å². The second-order valence-electron chi connectivity index (χ2n) is 26.2. The molecule has 458 valence electrons. The predicted octanol–water partition coefficient (Wildman–Crippen LogP) is 26.0. The van der Waals surface area contributed by atoms with Crippen LogP contribution in [-0.2, 0) is 0 Å². The monoisotopic (exact) mass is 1250 g/mol. The number of benzene rings is 15. The van der Waals surface area contributed by atoms with Gasteiger partial charge in [-0.1, -0.05) is 255 Å². The van der Waals surface area contributed by atoms with E-state index in [0.717, 1.165) is 133 Å². The molecular weight excluding hydrogens is 1190 g/mol. The summed E-state index contributed by atoms with van der Waals surface area (Å²) < 4.78 is 19.9. The fraction of sp³-hybridized carbons (Fsp3) is 0.0217. The number of para-hydroxylation sites is 8. The Morgan fingerprint density at radius 3 is 0.949 bits per heavy atom. The van der Waals surface area contributed by atoms with Crippen molar-refractivity contribution < 1.29 is 8.83 Å². The van der Waals surface area contributed by atoms with Gasteiger partial charge in [-0.25, -0.2) is 0 Å². The van der Waals surface area contributed by atoms with Crippen LogP contribution < -0.4 is 9.80 Å². The highest BCUT2D eigenvalue weighted by Gasteiger charge is 2.34. The lowest BCUT2D eigenvalue weighted by Crippen LogP contribution is -2.10. The molecule has 0 saturated carbocycles. The Balaban J connectivity index is 0.865. The van der Waals surface area contributed by atoms with Gasteiger partial charge in [-0.3, -0.25) is 0 Å². The standard InChI is InChI=1S/C92H58N4O2/c1-55-27-15-17-37-61(55)63-39-19-41-65-67-43-23-53-77(91(67)97-89(63)65)93(59-33-11-5-12-34-59)73-49-25-51-75-81(73)69-45-21-47-71-83-80(58-31-9-4-10-32-58)88-84(79(57-29-7-3-8-30-57)87(83)95(75)85(69)71)72-48-22-46-70-82-74(50-26-52-76(82)96(88)86(70)72)94(60-35-13-6-14-36-60)78-54-24-44-68-66-42-20-40-64(90(66)98-92(68)78)62-38-18-16-28-56(62)2/h3-54H,1-2H3. The van der Waals surface area contributed by atoms with Crippen LogP contribution in [-0.4, -0.2) is 8.80 Å². The molecule has 21 rings (SSSR count). The predicted molar refractivity (Wildman–Crippen MR) is 411 cm³/mol. The summed E-state index contributed by atoms with van der Waals surface area (Å²) in [4.78, 5) is 4.86. The molecule has 0 radical (unpaired) electrons. The lowest BCUT2D eigenvalue weighted by molar-refractivity contribution is 0.670. The van der Waals surface area contributed by atoms with Gasteiger partial charge in [-0.05, 0) is 108 Å². The zero-order chi connectivity index (χ0) is 64.4. The van der Waals surface area contributed by atoms with Crippen molar-refractivity contribution in [3.05, 3.63) is 327 Å². The van der Waals surface area contributed by atoms with Crippen LogP contribution in [0, 0.1) is 13.8 Å². The summed E-state index contributed by atoms with van der Waals surface area (Å²) in [5.41, 5.74) is 28.1. The average molecular weight is 1250 g/mol. The Hall–Kier alpha value is -12.9. The Morgan fingerprint density at radius 2 is 0.541 bits per heavy atom. The molecule has 0 spiro atoms. The van der Waals surface area contributed by atoms with Crippen molar-refractivity contribution in [2.45, 2.75) is 13.8 Å². The normalized spacial score (nSPS) is 12.2. The Bertz CT molecular complexity index is 6410. The molecule has 6 heterocycles. The zero-order valence-corrected chi connectivity index (χ0v) is 53.6. The van der Waals surface area contributed by atoms with Crippen molar-refractivity contribution in [3.63, 3.8) is 0 Å². The number of aryl methyl sites for hydroxylation is 2. The smallest absolute Gasteiger partial charge is 0.159 e. The molecular formula is C92H58N4O2.